The Morgan fingerprint density at radius 2 is 1.96 bits per heavy atom. The lowest BCUT2D eigenvalue weighted by Crippen LogP contribution is -2.42. The summed E-state index contributed by atoms with van der Waals surface area (Å²) in [5.41, 5.74) is 6.49. The first-order valence-electron chi connectivity index (χ1n) is 7.85. The van der Waals surface area contributed by atoms with Crippen LogP contribution in [0.3, 0.4) is 0 Å². The van der Waals surface area contributed by atoms with Crippen LogP contribution in [0.5, 0.6) is 0 Å². The normalized spacial score (nSPS) is 10.4. The van der Waals surface area contributed by atoms with Crippen molar-refractivity contribution in [3.8, 4) is 10.6 Å². The molecule has 2 aromatic heterocycles. The number of amides is 2. The molecular weight excluding hydrogens is 387 g/mol. The molecule has 0 atom stereocenters. The Kier molecular flexibility index (Phi) is 6.15. The summed E-state index contributed by atoms with van der Waals surface area (Å²) in [6, 6.07) is 9.28. The summed E-state index contributed by atoms with van der Waals surface area (Å²) in [7, 11) is 0. The van der Waals surface area contributed by atoms with Crippen molar-refractivity contribution in [1.82, 2.24) is 20.8 Å². The van der Waals surface area contributed by atoms with E-state index in [2.05, 4.69) is 20.8 Å². The molecule has 0 bridgehead atoms. The molecule has 2 heterocycles. The standard InChI is InChI=1S/C18H15FN4O2S2/c1-26-18-14(3-2-8-20-18)16(25)23-22-15(24)9-13-10-27-17(21-13)11-4-6-12(19)7-5-11/h2-8,10H,9H2,1H3,(H,22,24)(H,23,25). The SMILES string of the molecule is CSc1ncccc1C(=O)NNC(=O)Cc1csc(-c2ccc(F)cc2)n1. The number of nitrogens with zero attached hydrogens (tertiary/aromatic N) is 2. The lowest BCUT2D eigenvalue weighted by Gasteiger charge is -2.08. The average Bonchev–Trinajstić information content (AvgIpc) is 3.15. The number of rotatable bonds is 5. The Labute approximate surface area is 163 Å². The first-order chi connectivity index (χ1) is 13.1. The lowest BCUT2D eigenvalue weighted by molar-refractivity contribution is -0.121. The van der Waals surface area contributed by atoms with E-state index < -0.39 is 11.8 Å². The Bertz CT molecular complexity index is 960. The molecule has 0 spiro atoms. The molecule has 1 aromatic carbocycles. The minimum atomic E-state index is -0.439. The largest absolute Gasteiger partial charge is 0.273 e. The zero-order chi connectivity index (χ0) is 19.2. The predicted octanol–water partition coefficient (Wildman–Crippen LogP) is 3.07. The first kappa shape index (κ1) is 19.0. The Morgan fingerprint density at radius 3 is 2.70 bits per heavy atom. The third-order valence-electron chi connectivity index (χ3n) is 3.51. The third-order valence-corrected chi connectivity index (χ3v) is 5.16. The van der Waals surface area contributed by atoms with E-state index in [0.717, 1.165) is 5.56 Å². The van der Waals surface area contributed by atoms with Gasteiger partial charge in [0.15, 0.2) is 0 Å². The van der Waals surface area contributed by atoms with Gasteiger partial charge in [-0.15, -0.1) is 23.1 Å². The summed E-state index contributed by atoms with van der Waals surface area (Å²) in [4.78, 5) is 32.7. The molecule has 2 N–H and O–H groups in total. The number of carbonyl (C=O) groups is 2. The maximum atomic E-state index is 13.0. The molecule has 0 fully saturated rings. The fourth-order valence-electron chi connectivity index (χ4n) is 2.24. The summed E-state index contributed by atoms with van der Waals surface area (Å²) < 4.78 is 13.0. The number of aromatic nitrogens is 2. The summed E-state index contributed by atoms with van der Waals surface area (Å²) in [6.45, 7) is 0. The van der Waals surface area contributed by atoms with Gasteiger partial charge >= 0.3 is 0 Å². The zero-order valence-electron chi connectivity index (χ0n) is 14.2. The van der Waals surface area contributed by atoms with Crippen molar-refractivity contribution in [2.45, 2.75) is 11.4 Å². The summed E-state index contributed by atoms with van der Waals surface area (Å²) >= 11 is 2.71. The quantitative estimate of drug-likeness (QED) is 0.506. The van der Waals surface area contributed by atoms with E-state index in [-0.39, 0.29) is 12.2 Å². The van der Waals surface area contributed by atoms with Gasteiger partial charge in [0.05, 0.1) is 17.7 Å². The van der Waals surface area contributed by atoms with Crippen molar-refractivity contribution >= 4 is 34.9 Å². The fourth-order valence-corrected chi connectivity index (χ4v) is 3.61. The van der Waals surface area contributed by atoms with Crippen LogP contribution in [0.2, 0.25) is 0 Å². The smallest absolute Gasteiger partial charge is 0.272 e. The van der Waals surface area contributed by atoms with Crippen molar-refractivity contribution in [3.63, 3.8) is 0 Å². The molecule has 0 saturated heterocycles. The van der Waals surface area contributed by atoms with Gasteiger partial charge < -0.3 is 0 Å². The van der Waals surface area contributed by atoms with Gasteiger partial charge in [-0.3, -0.25) is 20.4 Å². The van der Waals surface area contributed by atoms with E-state index in [1.165, 1.54) is 35.2 Å². The molecule has 3 rings (SSSR count). The van der Waals surface area contributed by atoms with Crippen LogP contribution >= 0.6 is 23.1 Å². The van der Waals surface area contributed by atoms with Crippen molar-refractivity contribution in [3.05, 3.63) is 65.0 Å². The van der Waals surface area contributed by atoms with Gasteiger partial charge in [-0.2, -0.15) is 0 Å². The number of benzene rings is 1. The molecule has 0 unspecified atom stereocenters. The number of hydrogen-bond acceptors (Lipinski definition) is 6. The number of carbonyl (C=O) groups excluding carboxylic acids is 2. The van der Waals surface area contributed by atoms with Crippen LogP contribution in [0.4, 0.5) is 4.39 Å². The second-order valence-corrected chi connectivity index (χ2v) is 7.04. The minimum Gasteiger partial charge on any atom is -0.273 e. The molecule has 0 aliphatic heterocycles. The number of thiazole rings is 1. The average molecular weight is 402 g/mol. The molecule has 0 saturated carbocycles. The highest BCUT2D eigenvalue weighted by atomic mass is 32.2. The molecule has 6 nitrogen and oxygen atoms in total. The number of hydrazine groups is 1. The van der Waals surface area contributed by atoms with Gasteiger partial charge in [0.25, 0.3) is 5.91 Å². The second-order valence-electron chi connectivity index (χ2n) is 5.39. The Balaban J connectivity index is 1.57. The van der Waals surface area contributed by atoms with Crippen LogP contribution in [0.15, 0.2) is 53.0 Å². The molecule has 0 radical (unpaired) electrons. The molecule has 2 amide bonds. The van der Waals surface area contributed by atoms with Crippen molar-refractivity contribution in [1.29, 1.82) is 0 Å². The van der Waals surface area contributed by atoms with E-state index in [1.807, 2.05) is 6.26 Å². The van der Waals surface area contributed by atoms with Crippen LogP contribution in [-0.4, -0.2) is 28.0 Å². The van der Waals surface area contributed by atoms with E-state index >= 15 is 0 Å². The second kappa shape index (κ2) is 8.74. The summed E-state index contributed by atoms with van der Waals surface area (Å²) in [5.74, 6) is -1.15. The van der Waals surface area contributed by atoms with Gasteiger partial charge in [-0.1, -0.05) is 0 Å². The van der Waals surface area contributed by atoms with Crippen molar-refractivity contribution in [2.75, 3.05) is 6.26 Å². The van der Waals surface area contributed by atoms with E-state index in [9.17, 15) is 14.0 Å². The van der Waals surface area contributed by atoms with E-state index in [4.69, 9.17) is 0 Å². The maximum Gasteiger partial charge on any atom is 0.272 e. The van der Waals surface area contributed by atoms with Crippen molar-refractivity contribution in [2.24, 2.45) is 0 Å². The number of thioether (sulfide) groups is 1. The number of nitrogens with one attached hydrogen (secondary N) is 2. The minimum absolute atomic E-state index is 0.0143. The fraction of sp³-hybridized carbons (Fsp3) is 0.111. The molecule has 3 aromatic rings. The molecule has 138 valence electrons. The van der Waals surface area contributed by atoms with Gasteiger partial charge in [0, 0.05) is 17.1 Å². The highest BCUT2D eigenvalue weighted by molar-refractivity contribution is 7.98. The highest BCUT2D eigenvalue weighted by Crippen LogP contribution is 2.24. The zero-order valence-corrected chi connectivity index (χ0v) is 15.9. The topological polar surface area (TPSA) is 84.0 Å². The van der Waals surface area contributed by atoms with Gasteiger partial charge in [0.1, 0.15) is 15.9 Å². The number of pyridine rings is 1. The molecule has 9 heteroatoms. The molecule has 0 aliphatic carbocycles. The Hall–Kier alpha value is -2.78. The monoisotopic (exact) mass is 402 g/mol. The van der Waals surface area contributed by atoms with Gasteiger partial charge in [0.2, 0.25) is 5.91 Å². The van der Waals surface area contributed by atoms with Crippen LogP contribution in [-0.2, 0) is 11.2 Å². The number of hydrogen-bond donors (Lipinski definition) is 2. The molecule has 27 heavy (non-hydrogen) atoms. The van der Waals surface area contributed by atoms with Gasteiger partial charge in [-0.05, 0) is 42.7 Å². The van der Waals surface area contributed by atoms with Crippen LogP contribution < -0.4 is 10.9 Å². The van der Waals surface area contributed by atoms with Crippen LogP contribution in [0, 0.1) is 5.82 Å². The maximum absolute atomic E-state index is 13.0. The van der Waals surface area contributed by atoms with Gasteiger partial charge in [-0.25, -0.2) is 14.4 Å². The van der Waals surface area contributed by atoms with Crippen molar-refractivity contribution < 1.29 is 14.0 Å². The molecular formula is C18H15FN4O2S2. The van der Waals surface area contributed by atoms with Crippen LogP contribution in [0.25, 0.3) is 10.6 Å². The predicted molar refractivity (Wildman–Crippen MR) is 103 cm³/mol. The van der Waals surface area contributed by atoms with Crippen LogP contribution in [0.1, 0.15) is 16.1 Å². The van der Waals surface area contributed by atoms with E-state index in [1.54, 1.807) is 35.8 Å². The number of halogens is 1. The highest BCUT2D eigenvalue weighted by Gasteiger charge is 2.14. The molecule has 0 aliphatic rings. The summed E-state index contributed by atoms with van der Waals surface area (Å²) in [6.07, 6.45) is 3.43. The Morgan fingerprint density at radius 1 is 1.19 bits per heavy atom. The third kappa shape index (κ3) is 4.89. The lowest BCUT2D eigenvalue weighted by atomic mass is 10.2. The summed E-state index contributed by atoms with van der Waals surface area (Å²) in [5, 5.41) is 3.03. The first-order valence-corrected chi connectivity index (χ1v) is 9.96. The van der Waals surface area contributed by atoms with E-state index in [0.29, 0.717) is 21.3 Å².